The van der Waals surface area contributed by atoms with Crippen LogP contribution in [0.3, 0.4) is 0 Å². The molecule has 2 rings (SSSR count). The molecule has 0 fully saturated rings. The first kappa shape index (κ1) is 8.27. The Labute approximate surface area is 78.2 Å². The van der Waals surface area contributed by atoms with Gasteiger partial charge in [-0.15, -0.1) is 0 Å². The molecule has 0 aliphatic carbocycles. The summed E-state index contributed by atoms with van der Waals surface area (Å²) in [6, 6.07) is 10.6. The predicted octanol–water partition coefficient (Wildman–Crippen LogP) is 2.33. The van der Waals surface area contributed by atoms with E-state index in [9.17, 15) is 0 Å². The van der Waals surface area contributed by atoms with Gasteiger partial charge in [-0.3, -0.25) is 0 Å². The summed E-state index contributed by atoms with van der Waals surface area (Å²) in [6.45, 7) is 4.26. The Morgan fingerprint density at radius 2 is 1.54 bits per heavy atom. The lowest BCUT2D eigenvalue weighted by Gasteiger charge is -2.05. The highest BCUT2D eigenvalue weighted by atomic mass is 14.6. The van der Waals surface area contributed by atoms with Crippen LogP contribution < -0.4 is 5.73 Å². The van der Waals surface area contributed by atoms with Gasteiger partial charge in [-0.05, 0) is 36.9 Å². The van der Waals surface area contributed by atoms with Crippen LogP contribution in [0.15, 0.2) is 30.3 Å². The van der Waals surface area contributed by atoms with Crippen LogP contribution in [0.5, 0.6) is 0 Å². The molecule has 0 amide bonds. The molecular weight excluding hydrogens is 158 g/mol. The summed E-state index contributed by atoms with van der Waals surface area (Å²) in [7, 11) is 0. The maximum absolute atomic E-state index is 4.09. The van der Waals surface area contributed by atoms with E-state index in [1.807, 2.05) is 0 Å². The minimum atomic E-state index is 1.15. The Morgan fingerprint density at radius 1 is 0.923 bits per heavy atom. The van der Waals surface area contributed by atoms with Gasteiger partial charge in [0.15, 0.2) is 0 Å². The second-order valence-electron chi connectivity index (χ2n) is 3.53. The summed E-state index contributed by atoms with van der Waals surface area (Å²) in [6.07, 6.45) is 0. The van der Waals surface area contributed by atoms with E-state index in [1.165, 1.54) is 21.9 Å². The second kappa shape index (κ2) is 2.86. The van der Waals surface area contributed by atoms with Crippen molar-refractivity contribution in [3.63, 3.8) is 0 Å². The fraction of sp³-hybridized carbons (Fsp3) is 0.167. The molecule has 0 aliphatic rings. The maximum atomic E-state index is 4.09. The summed E-state index contributed by atoms with van der Waals surface area (Å²) < 4.78 is 0. The van der Waals surface area contributed by atoms with Gasteiger partial charge >= 0.3 is 0 Å². The van der Waals surface area contributed by atoms with E-state index in [4.69, 9.17) is 0 Å². The molecular formula is C12H14N+. The molecule has 0 aliphatic heterocycles. The average Bonchev–Trinajstić information content (AvgIpc) is 2.15. The normalized spacial score (nSPS) is 10.7. The molecule has 2 aromatic rings. The van der Waals surface area contributed by atoms with Gasteiger partial charge in [0.1, 0.15) is 5.69 Å². The molecule has 0 saturated heterocycles. The molecule has 3 N–H and O–H groups in total. The van der Waals surface area contributed by atoms with Crippen LogP contribution in [-0.4, -0.2) is 0 Å². The van der Waals surface area contributed by atoms with Crippen molar-refractivity contribution in [1.82, 2.24) is 0 Å². The molecule has 66 valence electrons. The Hall–Kier alpha value is -1.34. The largest absolute Gasteiger partial charge is 0.324 e. The van der Waals surface area contributed by atoms with Crippen molar-refractivity contribution in [2.45, 2.75) is 13.8 Å². The summed E-state index contributed by atoms with van der Waals surface area (Å²) in [5, 5.41) is 2.60. The molecule has 0 aromatic heterocycles. The van der Waals surface area contributed by atoms with Crippen LogP contribution in [0.2, 0.25) is 0 Å². The van der Waals surface area contributed by atoms with E-state index in [0.717, 1.165) is 5.69 Å². The van der Waals surface area contributed by atoms with Gasteiger partial charge in [0, 0.05) is 10.9 Å². The lowest BCUT2D eigenvalue weighted by molar-refractivity contribution is -0.253. The molecule has 0 radical (unpaired) electrons. The summed E-state index contributed by atoms with van der Waals surface area (Å²) in [4.78, 5) is 0. The molecule has 0 spiro atoms. The number of hydrogen-bond donors (Lipinski definition) is 1. The van der Waals surface area contributed by atoms with Crippen LogP contribution in [-0.2, 0) is 0 Å². The standard InChI is InChI=1S/C12H13N/c1-8-7-9(2)12(13)11-6-4-3-5-10(8)11/h3-7H,13H2,1-2H3/p+1. The molecule has 2 aromatic carbocycles. The quantitative estimate of drug-likeness (QED) is 0.631. The van der Waals surface area contributed by atoms with Crippen molar-refractivity contribution >= 4 is 16.5 Å². The van der Waals surface area contributed by atoms with Gasteiger partial charge < -0.3 is 5.73 Å². The third kappa shape index (κ3) is 1.21. The van der Waals surface area contributed by atoms with Gasteiger partial charge in [0.2, 0.25) is 0 Å². The van der Waals surface area contributed by atoms with Crippen LogP contribution in [0.25, 0.3) is 10.8 Å². The minimum absolute atomic E-state index is 1.15. The van der Waals surface area contributed by atoms with Crippen LogP contribution in [0.1, 0.15) is 11.1 Å². The van der Waals surface area contributed by atoms with E-state index >= 15 is 0 Å². The molecule has 1 heteroatoms. The van der Waals surface area contributed by atoms with Crippen molar-refractivity contribution in [2.75, 3.05) is 0 Å². The highest BCUT2D eigenvalue weighted by molar-refractivity contribution is 5.94. The zero-order valence-corrected chi connectivity index (χ0v) is 8.09. The third-order valence-electron chi connectivity index (χ3n) is 2.59. The number of aryl methyl sites for hydroxylation is 2. The van der Waals surface area contributed by atoms with Crippen LogP contribution >= 0.6 is 0 Å². The molecule has 0 atom stereocenters. The lowest BCUT2D eigenvalue weighted by Crippen LogP contribution is -2.41. The first-order valence-electron chi connectivity index (χ1n) is 4.51. The Balaban J connectivity index is 2.97. The second-order valence-corrected chi connectivity index (χ2v) is 3.53. The van der Waals surface area contributed by atoms with Crippen LogP contribution in [0.4, 0.5) is 5.69 Å². The van der Waals surface area contributed by atoms with E-state index in [1.54, 1.807) is 0 Å². The van der Waals surface area contributed by atoms with Crippen molar-refractivity contribution in [3.05, 3.63) is 41.5 Å². The van der Waals surface area contributed by atoms with Gasteiger partial charge in [0.05, 0.1) is 0 Å². The van der Waals surface area contributed by atoms with Crippen molar-refractivity contribution < 1.29 is 5.73 Å². The van der Waals surface area contributed by atoms with E-state index in [-0.39, 0.29) is 0 Å². The molecule has 0 unspecified atom stereocenters. The van der Waals surface area contributed by atoms with Gasteiger partial charge in [-0.25, -0.2) is 0 Å². The number of benzene rings is 2. The average molecular weight is 172 g/mol. The SMILES string of the molecule is Cc1cc(C)c2ccccc2c1[NH3+]. The van der Waals surface area contributed by atoms with Gasteiger partial charge in [-0.1, -0.05) is 18.2 Å². The molecule has 1 nitrogen and oxygen atoms in total. The van der Waals surface area contributed by atoms with Crippen molar-refractivity contribution in [2.24, 2.45) is 0 Å². The third-order valence-corrected chi connectivity index (χ3v) is 2.59. The summed E-state index contributed by atoms with van der Waals surface area (Å²) in [5.41, 5.74) is 7.85. The Bertz CT molecular complexity index is 458. The molecule has 0 heterocycles. The number of rotatable bonds is 0. The van der Waals surface area contributed by atoms with E-state index in [2.05, 4.69) is 49.9 Å². The number of fused-ring (bicyclic) bond motifs is 1. The maximum Gasteiger partial charge on any atom is 0.138 e. The zero-order chi connectivity index (χ0) is 9.42. The smallest absolute Gasteiger partial charge is 0.138 e. The first-order valence-corrected chi connectivity index (χ1v) is 4.51. The van der Waals surface area contributed by atoms with Crippen LogP contribution in [0, 0.1) is 13.8 Å². The lowest BCUT2D eigenvalue weighted by atomic mass is 10.0. The number of hydrogen-bond acceptors (Lipinski definition) is 0. The van der Waals surface area contributed by atoms with E-state index in [0.29, 0.717) is 0 Å². The molecule has 0 saturated carbocycles. The fourth-order valence-electron chi connectivity index (χ4n) is 1.79. The highest BCUT2D eigenvalue weighted by Crippen LogP contribution is 2.25. The Kier molecular flexibility index (Phi) is 1.82. The predicted molar refractivity (Wildman–Crippen MR) is 56.0 cm³/mol. The highest BCUT2D eigenvalue weighted by Gasteiger charge is 2.05. The zero-order valence-electron chi connectivity index (χ0n) is 8.09. The minimum Gasteiger partial charge on any atom is -0.324 e. The molecule has 13 heavy (non-hydrogen) atoms. The van der Waals surface area contributed by atoms with Crippen molar-refractivity contribution in [1.29, 1.82) is 0 Å². The van der Waals surface area contributed by atoms with Gasteiger partial charge in [0.25, 0.3) is 0 Å². The summed E-state index contributed by atoms with van der Waals surface area (Å²) >= 11 is 0. The van der Waals surface area contributed by atoms with Crippen molar-refractivity contribution in [3.8, 4) is 0 Å². The topological polar surface area (TPSA) is 27.6 Å². The molecule has 0 bridgehead atoms. The van der Waals surface area contributed by atoms with E-state index < -0.39 is 0 Å². The first-order chi connectivity index (χ1) is 6.20. The monoisotopic (exact) mass is 172 g/mol. The Morgan fingerprint density at radius 3 is 2.23 bits per heavy atom. The van der Waals surface area contributed by atoms with Gasteiger partial charge in [-0.2, -0.15) is 0 Å². The number of quaternary nitrogens is 1. The summed E-state index contributed by atoms with van der Waals surface area (Å²) in [5.74, 6) is 0. The fourth-order valence-corrected chi connectivity index (χ4v) is 1.79.